The van der Waals surface area contributed by atoms with Gasteiger partial charge in [0.05, 0.1) is 10.6 Å². The van der Waals surface area contributed by atoms with Crippen LogP contribution in [0.5, 0.6) is 0 Å². The van der Waals surface area contributed by atoms with Gasteiger partial charge in [0.2, 0.25) is 0 Å². The third-order valence-electron chi connectivity index (χ3n) is 5.17. The predicted octanol–water partition coefficient (Wildman–Crippen LogP) is 6.91. The molecule has 1 heterocycles. The van der Waals surface area contributed by atoms with Gasteiger partial charge in [0.15, 0.2) is 0 Å². The third-order valence-corrected chi connectivity index (χ3v) is 6.73. The molecule has 2 N–H and O–H groups in total. The van der Waals surface area contributed by atoms with Gasteiger partial charge in [-0.2, -0.15) is 13.2 Å². The number of aromatic nitrogens is 1. The van der Waals surface area contributed by atoms with E-state index < -0.39 is 34.4 Å². The van der Waals surface area contributed by atoms with E-state index in [-0.39, 0.29) is 0 Å². The fourth-order valence-corrected chi connectivity index (χ4v) is 5.00. The van der Waals surface area contributed by atoms with Gasteiger partial charge in [-0.05, 0) is 67.0 Å². The van der Waals surface area contributed by atoms with Crippen molar-refractivity contribution in [1.82, 2.24) is 15.0 Å². The molecule has 3 amide bonds. The van der Waals surface area contributed by atoms with Crippen LogP contribution in [-0.4, -0.2) is 16.9 Å². The maximum Gasteiger partial charge on any atom is 0.417 e. The molecule has 0 atom stereocenters. The molecule has 0 aliphatic heterocycles. The molecular formula is C21H20Cl2F3N3O2S. The number of nitrogens with zero attached hydrogens (tertiary/aromatic N) is 1. The Morgan fingerprint density at radius 2 is 1.81 bits per heavy atom. The number of rotatable bonds is 4. The average Bonchev–Trinajstić information content (AvgIpc) is 2.72. The maximum absolute atomic E-state index is 12.7. The molecule has 1 aromatic carbocycles. The Bertz CT molecular complexity index is 1030. The second-order valence-corrected chi connectivity index (χ2v) is 9.18. The van der Waals surface area contributed by atoms with Gasteiger partial charge in [0, 0.05) is 16.1 Å². The molecule has 0 unspecified atom stereocenters. The van der Waals surface area contributed by atoms with E-state index in [0.29, 0.717) is 23.2 Å². The lowest BCUT2D eigenvalue weighted by molar-refractivity contribution is -0.137. The number of carbonyl (C=O) groups excluding carboxylic acids is 2. The minimum absolute atomic E-state index is 0.338. The Morgan fingerprint density at radius 1 is 1.12 bits per heavy atom. The number of imide groups is 1. The van der Waals surface area contributed by atoms with Crippen molar-refractivity contribution in [2.45, 2.75) is 56.0 Å². The molecule has 0 saturated heterocycles. The summed E-state index contributed by atoms with van der Waals surface area (Å²) in [5.74, 6) is -0.674. The number of pyridine rings is 1. The Labute approximate surface area is 197 Å². The minimum atomic E-state index is -4.65. The summed E-state index contributed by atoms with van der Waals surface area (Å²) in [5, 5.41) is 2.14. The van der Waals surface area contributed by atoms with Crippen molar-refractivity contribution < 1.29 is 22.8 Å². The second-order valence-electron chi connectivity index (χ2n) is 7.52. The van der Waals surface area contributed by atoms with Crippen LogP contribution in [0.4, 0.5) is 18.0 Å². The first-order chi connectivity index (χ1) is 15.1. The van der Waals surface area contributed by atoms with E-state index >= 15 is 0 Å². The molecule has 1 aliphatic rings. The number of alkyl halides is 3. The highest BCUT2D eigenvalue weighted by molar-refractivity contribution is 7.98. The largest absolute Gasteiger partial charge is 0.417 e. The quantitative estimate of drug-likeness (QED) is 0.442. The number of hydrogen-bond donors (Lipinski definition) is 2. The maximum atomic E-state index is 12.7. The summed E-state index contributed by atoms with van der Waals surface area (Å²) in [4.78, 5) is 28.8. The van der Waals surface area contributed by atoms with Crippen LogP contribution >= 0.6 is 35.1 Å². The summed E-state index contributed by atoms with van der Waals surface area (Å²) >= 11 is 13.1. The zero-order valence-electron chi connectivity index (χ0n) is 17.0. The molecule has 0 bridgehead atoms. The normalized spacial score (nSPS) is 14.8. The minimum Gasteiger partial charge on any atom is -0.277 e. The van der Waals surface area contributed by atoms with Crippen molar-refractivity contribution in [3.63, 3.8) is 0 Å². The molecule has 1 aliphatic carbocycles. The molecule has 2 aromatic rings. The average molecular weight is 506 g/mol. The monoisotopic (exact) mass is 505 g/mol. The van der Waals surface area contributed by atoms with Crippen LogP contribution in [0.25, 0.3) is 0 Å². The van der Waals surface area contributed by atoms with Crippen molar-refractivity contribution in [2.75, 3.05) is 0 Å². The summed E-state index contributed by atoms with van der Waals surface area (Å²) in [6, 6.07) is 3.45. The summed E-state index contributed by atoms with van der Waals surface area (Å²) in [5.41, 5.74) is 0.374. The highest BCUT2D eigenvalue weighted by atomic mass is 35.5. The number of urea groups is 1. The first kappa shape index (κ1) is 24.7. The van der Waals surface area contributed by atoms with E-state index in [2.05, 4.69) is 9.71 Å². The van der Waals surface area contributed by atoms with Gasteiger partial charge < -0.3 is 0 Å². The Hall–Kier alpha value is -1.97. The lowest BCUT2D eigenvalue weighted by atomic mass is 9.83. The summed E-state index contributed by atoms with van der Waals surface area (Å²) in [6.45, 7) is 1.89. The van der Waals surface area contributed by atoms with Crippen molar-refractivity contribution >= 4 is 47.1 Å². The molecule has 1 saturated carbocycles. The number of nitrogens with one attached hydrogen (secondary N) is 2. The molecule has 0 spiro atoms. The first-order valence-corrected chi connectivity index (χ1v) is 11.4. The molecule has 32 heavy (non-hydrogen) atoms. The van der Waals surface area contributed by atoms with Crippen LogP contribution in [0.2, 0.25) is 10.0 Å². The summed E-state index contributed by atoms with van der Waals surface area (Å²) in [6.07, 6.45) is 1.37. The van der Waals surface area contributed by atoms with E-state index in [1.165, 1.54) is 6.42 Å². The molecule has 1 fully saturated rings. The Morgan fingerprint density at radius 3 is 2.44 bits per heavy atom. The van der Waals surface area contributed by atoms with Gasteiger partial charge in [-0.3, -0.25) is 14.8 Å². The second kappa shape index (κ2) is 10.3. The van der Waals surface area contributed by atoms with Gasteiger partial charge in [0.25, 0.3) is 5.91 Å². The Kier molecular flexibility index (Phi) is 7.95. The molecule has 1 aromatic heterocycles. The number of aryl methyl sites for hydroxylation is 1. The SMILES string of the molecule is Cc1cc(Cl)cc(C2CCCCC2)c1SNC(=O)NC(=O)c1ncc(C(F)(F)F)cc1Cl. The zero-order chi connectivity index (χ0) is 23.5. The van der Waals surface area contributed by atoms with Crippen molar-refractivity contribution in [3.8, 4) is 0 Å². The Balaban J connectivity index is 1.68. The van der Waals surface area contributed by atoms with Crippen LogP contribution in [0.15, 0.2) is 29.3 Å². The van der Waals surface area contributed by atoms with Gasteiger partial charge in [0.1, 0.15) is 5.69 Å². The number of halogens is 5. The molecule has 0 radical (unpaired) electrons. The van der Waals surface area contributed by atoms with E-state index in [4.69, 9.17) is 23.2 Å². The predicted molar refractivity (Wildman–Crippen MR) is 118 cm³/mol. The number of carbonyl (C=O) groups is 2. The summed E-state index contributed by atoms with van der Waals surface area (Å²) in [7, 11) is 0. The van der Waals surface area contributed by atoms with E-state index in [1.807, 2.05) is 18.3 Å². The highest BCUT2D eigenvalue weighted by Gasteiger charge is 2.32. The number of hydrogen-bond acceptors (Lipinski definition) is 4. The lowest BCUT2D eigenvalue weighted by Crippen LogP contribution is -2.37. The van der Waals surface area contributed by atoms with E-state index in [0.717, 1.165) is 53.7 Å². The summed E-state index contributed by atoms with van der Waals surface area (Å²) < 4.78 is 40.7. The first-order valence-electron chi connectivity index (χ1n) is 9.87. The van der Waals surface area contributed by atoms with E-state index in [1.54, 1.807) is 6.07 Å². The topological polar surface area (TPSA) is 71.1 Å². The smallest absolute Gasteiger partial charge is 0.277 e. The van der Waals surface area contributed by atoms with E-state index in [9.17, 15) is 22.8 Å². The fourth-order valence-electron chi connectivity index (χ4n) is 3.66. The zero-order valence-corrected chi connectivity index (χ0v) is 19.3. The standard InChI is InChI=1S/C21H20Cl2F3N3O2S/c1-11-7-14(22)9-15(12-5-3-2-4-6-12)18(11)32-29-20(31)28-19(30)17-16(23)8-13(10-27-17)21(24,25)26/h7-10,12H,2-6H2,1H3,(H2,28,29,30,31). The van der Waals surface area contributed by atoms with Crippen molar-refractivity contribution in [1.29, 1.82) is 0 Å². The molecule has 5 nitrogen and oxygen atoms in total. The van der Waals surface area contributed by atoms with Crippen molar-refractivity contribution in [3.05, 3.63) is 56.8 Å². The molecule has 172 valence electrons. The number of benzene rings is 1. The van der Waals surface area contributed by atoms with Gasteiger partial charge in [-0.25, -0.2) is 9.78 Å². The van der Waals surface area contributed by atoms with Crippen LogP contribution in [0.1, 0.15) is 65.2 Å². The van der Waals surface area contributed by atoms with Gasteiger partial charge in [-0.15, -0.1) is 0 Å². The van der Waals surface area contributed by atoms with Crippen LogP contribution in [0.3, 0.4) is 0 Å². The third kappa shape index (κ3) is 6.08. The van der Waals surface area contributed by atoms with Crippen LogP contribution in [-0.2, 0) is 6.18 Å². The molecular weight excluding hydrogens is 486 g/mol. The molecule has 11 heteroatoms. The van der Waals surface area contributed by atoms with Crippen molar-refractivity contribution in [2.24, 2.45) is 0 Å². The lowest BCUT2D eigenvalue weighted by Gasteiger charge is -2.25. The number of amides is 3. The highest BCUT2D eigenvalue weighted by Crippen LogP contribution is 2.40. The van der Waals surface area contributed by atoms with Crippen LogP contribution < -0.4 is 10.0 Å². The van der Waals surface area contributed by atoms with Crippen LogP contribution in [0, 0.1) is 6.92 Å². The molecule has 3 rings (SSSR count). The van der Waals surface area contributed by atoms with Gasteiger partial charge >= 0.3 is 12.2 Å². The fraction of sp³-hybridized carbons (Fsp3) is 0.381. The van der Waals surface area contributed by atoms with Gasteiger partial charge in [-0.1, -0.05) is 42.5 Å².